The first-order valence-electron chi connectivity index (χ1n) is 11.9. The summed E-state index contributed by atoms with van der Waals surface area (Å²) in [4.78, 5) is 27.9. The molecule has 1 aliphatic heterocycles. The Hall–Kier alpha value is -3.32. The van der Waals surface area contributed by atoms with Crippen molar-refractivity contribution in [3.05, 3.63) is 64.2 Å². The van der Waals surface area contributed by atoms with E-state index in [0.29, 0.717) is 30.8 Å². The number of phenolic OH excluding ortho intramolecular Hbond substituents is 1. The summed E-state index contributed by atoms with van der Waals surface area (Å²) in [6.07, 6.45) is 0.523. The molecule has 35 heavy (non-hydrogen) atoms. The topological polar surface area (TPSA) is 96.3 Å². The van der Waals surface area contributed by atoms with Gasteiger partial charge in [-0.05, 0) is 60.6 Å². The number of benzene rings is 2. The Kier molecular flexibility index (Phi) is 7.90. The molecule has 2 aromatic carbocycles. The van der Waals surface area contributed by atoms with Crippen LogP contribution in [-0.2, 0) is 19.7 Å². The summed E-state index contributed by atoms with van der Waals surface area (Å²) in [6, 6.07) is 9.69. The van der Waals surface area contributed by atoms with Gasteiger partial charge in [0.05, 0.1) is 18.2 Å². The van der Waals surface area contributed by atoms with E-state index in [1.54, 1.807) is 26.2 Å². The summed E-state index contributed by atoms with van der Waals surface area (Å²) < 4.78 is 10.7. The standard InChI is InChI=1S/C28H35NO6/c1-7-35-22-15-18(10-12-21(22)30)24-23(26(32)27(33)29(24)13-8-14-34-6)25(31)20-16-19(28(3,4)5)11-9-17(20)2/h9-12,15-16,24,30-31H,7-8,13-14H2,1-6H3/b25-23+. The lowest BCUT2D eigenvalue weighted by molar-refractivity contribution is -0.140. The molecule has 1 fully saturated rings. The highest BCUT2D eigenvalue weighted by atomic mass is 16.5. The second-order valence-electron chi connectivity index (χ2n) is 9.78. The van der Waals surface area contributed by atoms with Crippen LogP contribution in [0.3, 0.4) is 0 Å². The molecule has 3 rings (SSSR count). The molecule has 2 aromatic rings. The summed E-state index contributed by atoms with van der Waals surface area (Å²) >= 11 is 0. The van der Waals surface area contributed by atoms with Crippen molar-refractivity contribution in [3.8, 4) is 11.5 Å². The van der Waals surface area contributed by atoms with E-state index in [1.807, 2.05) is 25.1 Å². The Morgan fingerprint density at radius 3 is 2.46 bits per heavy atom. The smallest absolute Gasteiger partial charge is 0.295 e. The highest BCUT2D eigenvalue weighted by Crippen LogP contribution is 2.42. The molecule has 0 aliphatic carbocycles. The lowest BCUT2D eigenvalue weighted by Crippen LogP contribution is -2.31. The summed E-state index contributed by atoms with van der Waals surface area (Å²) in [5, 5.41) is 21.7. The van der Waals surface area contributed by atoms with Gasteiger partial charge in [-0.1, -0.05) is 39.0 Å². The number of rotatable bonds is 8. The first-order chi connectivity index (χ1) is 16.5. The number of carbonyl (C=O) groups excluding carboxylic acids is 2. The number of carbonyl (C=O) groups is 2. The van der Waals surface area contributed by atoms with Gasteiger partial charge in [-0.3, -0.25) is 9.59 Å². The third kappa shape index (κ3) is 5.35. The van der Waals surface area contributed by atoms with Crippen molar-refractivity contribution in [1.29, 1.82) is 0 Å². The average Bonchev–Trinajstić information content (AvgIpc) is 3.05. The molecule has 7 nitrogen and oxygen atoms in total. The molecular formula is C28H35NO6. The van der Waals surface area contributed by atoms with Gasteiger partial charge in [0.25, 0.3) is 11.7 Å². The van der Waals surface area contributed by atoms with Gasteiger partial charge in [-0.25, -0.2) is 0 Å². The van der Waals surface area contributed by atoms with Crippen molar-refractivity contribution in [3.63, 3.8) is 0 Å². The molecule has 1 atom stereocenters. The van der Waals surface area contributed by atoms with Crippen LogP contribution in [0.25, 0.3) is 5.76 Å². The molecule has 0 aromatic heterocycles. The fourth-order valence-corrected chi connectivity index (χ4v) is 4.30. The van der Waals surface area contributed by atoms with E-state index in [2.05, 4.69) is 20.8 Å². The van der Waals surface area contributed by atoms with Crippen molar-refractivity contribution in [2.45, 2.75) is 52.5 Å². The molecule has 1 amide bonds. The fourth-order valence-electron chi connectivity index (χ4n) is 4.30. The molecule has 1 aliphatic rings. The van der Waals surface area contributed by atoms with Gasteiger partial charge in [0.1, 0.15) is 5.76 Å². The number of methoxy groups -OCH3 is 1. The van der Waals surface area contributed by atoms with Gasteiger partial charge < -0.3 is 24.6 Å². The van der Waals surface area contributed by atoms with Crippen molar-refractivity contribution in [2.24, 2.45) is 0 Å². The Labute approximate surface area is 207 Å². The van der Waals surface area contributed by atoms with Crippen LogP contribution in [0.15, 0.2) is 42.0 Å². The number of nitrogens with zero attached hydrogens (tertiary/aromatic N) is 1. The predicted octanol–water partition coefficient (Wildman–Crippen LogP) is 4.86. The Morgan fingerprint density at radius 1 is 1.11 bits per heavy atom. The monoisotopic (exact) mass is 481 g/mol. The lowest BCUT2D eigenvalue weighted by atomic mass is 9.84. The van der Waals surface area contributed by atoms with Gasteiger partial charge in [-0.2, -0.15) is 0 Å². The van der Waals surface area contributed by atoms with E-state index in [-0.39, 0.29) is 34.8 Å². The fraction of sp³-hybridized carbons (Fsp3) is 0.429. The molecule has 0 radical (unpaired) electrons. The minimum absolute atomic E-state index is 0.0229. The van der Waals surface area contributed by atoms with Gasteiger partial charge in [0.15, 0.2) is 11.5 Å². The zero-order valence-electron chi connectivity index (χ0n) is 21.3. The number of aliphatic hydroxyl groups is 1. The van der Waals surface area contributed by atoms with E-state index in [0.717, 1.165) is 11.1 Å². The maximum absolute atomic E-state index is 13.3. The van der Waals surface area contributed by atoms with Crippen molar-refractivity contribution in [1.82, 2.24) is 4.90 Å². The van der Waals surface area contributed by atoms with E-state index in [9.17, 15) is 19.8 Å². The van der Waals surface area contributed by atoms with Gasteiger partial charge in [0.2, 0.25) is 0 Å². The van der Waals surface area contributed by atoms with Gasteiger partial charge in [-0.15, -0.1) is 0 Å². The first kappa shape index (κ1) is 26.3. The van der Waals surface area contributed by atoms with E-state index < -0.39 is 17.7 Å². The number of aliphatic hydroxyl groups excluding tert-OH is 1. The molecule has 2 N–H and O–H groups in total. The number of Topliss-reactive ketones (excluding diaryl/α,β-unsaturated/α-hetero) is 1. The number of likely N-dealkylation sites (tertiary alicyclic amines) is 1. The third-order valence-electron chi connectivity index (χ3n) is 6.25. The molecule has 0 saturated carbocycles. The van der Waals surface area contributed by atoms with Crippen LogP contribution in [0.1, 0.15) is 62.4 Å². The molecule has 7 heteroatoms. The SMILES string of the molecule is CCOc1cc(C2/C(=C(\O)c3cc(C(C)(C)C)ccc3C)C(=O)C(=O)N2CCCOC)ccc1O. The normalized spacial score (nSPS) is 17.8. The number of amides is 1. The highest BCUT2D eigenvalue weighted by molar-refractivity contribution is 6.46. The summed E-state index contributed by atoms with van der Waals surface area (Å²) in [5.74, 6) is -1.42. The molecule has 1 saturated heterocycles. The maximum atomic E-state index is 13.3. The Bertz CT molecular complexity index is 1140. The number of hydrogen-bond donors (Lipinski definition) is 2. The van der Waals surface area contributed by atoms with Crippen LogP contribution in [0.2, 0.25) is 0 Å². The zero-order valence-corrected chi connectivity index (χ0v) is 21.3. The number of phenols is 1. The number of aryl methyl sites for hydroxylation is 1. The Morgan fingerprint density at radius 2 is 1.83 bits per heavy atom. The number of ether oxygens (including phenoxy) is 2. The Balaban J connectivity index is 2.23. The molecular weight excluding hydrogens is 446 g/mol. The van der Waals surface area contributed by atoms with Crippen molar-refractivity contribution < 1.29 is 29.3 Å². The lowest BCUT2D eigenvalue weighted by Gasteiger charge is -2.26. The second kappa shape index (κ2) is 10.5. The van der Waals surface area contributed by atoms with Crippen molar-refractivity contribution in [2.75, 3.05) is 26.9 Å². The summed E-state index contributed by atoms with van der Waals surface area (Å²) in [7, 11) is 1.57. The highest BCUT2D eigenvalue weighted by Gasteiger charge is 2.46. The second-order valence-corrected chi connectivity index (χ2v) is 9.78. The van der Waals surface area contributed by atoms with Crippen LogP contribution in [0.5, 0.6) is 11.5 Å². The van der Waals surface area contributed by atoms with Crippen LogP contribution in [-0.4, -0.2) is 53.7 Å². The first-order valence-corrected chi connectivity index (χ1v) is 11.9. The van der Waals surface area contributed by atoms with Gasteiger partial charge in [0, 0.05) is 25.8 Å². The maximum Gasteiger partial charge on any atom is 0.295 e. The number of aromatic hydroxyl groups is 1. The van der Waals surface area contributed by atoms with E-state index in [1.165, 1.54) is 11.0 Å². The van der Waals surface area contributed by atoms with Crippen LogP contribution < -0.4 is 4.74 Å². The van der Waals surface area contributed by atoms with E-state index in [4.69, 9.17) is 9.47 Å². The summed E-state index contributed by atoms with van der Waals surface area (Å²) in [5.41, 5.74) is 2.72. The molecule has 0 bridgehead atoms. The molecule has 0 spiro atoms. The largest absolute Gasteiger partial charge is 0.507 e. The number of hydrogen-bond acceptors (Lipinski definition) is 6. The molecule has 1 unspecified atom stereocenters. The quantitative estimate of drug-likeness (QED) is 0.242. The minimum Gasteiger partial charge on any atom is -0.507 e. The van der Waals surface area contributed by atoms with Crippen molar-refractivity contribution >= 4 is 17.4 Å². The third-order valence-corrected chi connectivity index (χ3v) is 6.25. The minimum atomic E-state index is -0.829. The van der Waals surface area contributed by atoms with Crippen LogP contribution in [0.4, 0.5) is 0 Å². The number of ketones is 1. The summed E-state index contributed by atoms with van der Waals surface area (Å²) in [6.45, 7) is 10.9. The van der Waals surface area contributed by atoms with E-state index >= 15 is 0 Å². The van der Waals surface area contributed by atoms with Gasteiger partial charge >= 0.3 is 0 Å². The predicted molar refractivity (Wildman–Crippen MR) is 135 cm³/mol. The van der Waals surface area contributed by atoms with Crippen LogP contribution in [0, 0.1) is 6.92 Å². The molecule has 188 valence electrons. The molecule has 1 heterocycles. The average molecular weight is 482 g/mol. The van der Waals surface area contributed by atoms with Crippen LogP contribution >= 0.6 is 0 Å². The zero-order chi connectivity index (χ0) is 25.9.